The molecule has 4 rings (SSSR count). The minimum Gasteiger partial charge on any atom is -0.253 e. The van der Waals surface area contributed by atoms with Crippen LogP contribution >= 0.6 is 0 Å². The molecule has 0 radical (unpaired) electrons. The maximum atomic E-state index is 4.68. The molecule has 3 aromatic heterocycles. The molecule has 0 aliphatic rings. The summed E-state index contributed by atoms with van der Waals surface area (Å²) in [6.45, 7) is 6.59. The second-order valence-electron chi connectivity index (χ2n) is 7.56. The summed E-state index contributed by atoms with van der Waals surface area (Å²) in [5, 5.41) is 0. The molecule has 0 N–H and O–H groups in total. The third kappa shape index (κ3) is 3.78. The van der Waals surface area contributed by atoms with Gasteiger partial charge in [-0.2, -0.15) is 0 Å². The van der Waals surface area contributed by atoms with Gasteiger partial charge in [0.05, 0.1) is 0 Å². The Morgan fingerprint density at radius 1 is 0.571 bits per heavy atom. The zero-order valence-electron chi connectivity index (χ0n) is 16.2. The maximum absolute atomic E-state index is 4.68. The summed E-state index contributed by atoms with van der Waals surface area (Å²) in [5.41, 5.74) is 3.70. The standard InChI is InChI=1S/C23H21N5/c1-23(2,3)17-12-10-16(11-13-17)20-26-21(18-8-4-6-14-24-18)28-22(27-20)19-9-5-7-15-25-19/h4-15H,1-3H3. The summed E-state index contributed by atoms with van der Waals surface area (Å²) in [6, 6.07) is 19.7. The lowest BCUT2D eigenvalue weighted by Crippen LogP contribution is -2.10. The van der Waals surface area contributed by atoms with Gasteiger partial charge < -0.3 is 0 Å². The van der Waals surface area contributed by atoms with Crippen LogP contribution in [-0.4, -0.2) is 24.9 Å². The quantitative estimate of drug-likeness (QED) is 0.512. The number of hydrogen-bond donors (Lipinski definition) is 0. The monoisotopic (exact) mass is 367 g/mol. The lowest BCUT2D eigenvalue weighted by atomic mass is 9.87. The van der Waals surface area contributed by atoms with E-state index in [1.54, 1.807) is 12.4 Å². The first kappa shape index (κ1) is 17.9. The Labute approximate surface area is 164 Å². The molecule has 0 aliphatic carbocycles. The van der Waals surface area contributed by atoms with Crippen molar-refractivity contribution in [2.45, 2.75) is 26.2 Å². The largest absolute Gasteiger partial charge is 0.253 e. The predicted molar refractivity (Wildman–Crippen MR) is 110 cm³/mol. The molecule has 0 unspecified atom stereocenters. The van der Waals surface area contributed by atoms with E-state index in [0.717, 1.165) is 5.56 Å². The zero-order valence-corrected chi connectivity index (χ0v) is 16.2. The molecule has 0 saturated carbocycles. The summed E-state index contributed by atoms with van der Waals surface area (Å²) < 4.78 is 0. The molecule has 0 aliphatic heterocycles. The molecule has 4 aromatic rings. The van der Waals surface area contributed by atoms with Crippen molar-refractivity contribution in [2.24, 2.45) is 0 Å². The minimum atomic E-state index is 0.0931. The molecule has 5 nitrogen and oxygen atoms in total. The van der Waals surface area contributed by atoms with Gasteiger partial charge in [-0.25, -0.2) is 15.0 Å². The van der Waals surface area contributed by atoms with Crippen LogP contribution in [0.25, 0.3) is 34.4 Å². The molecular formula is C23H21N5. The van der Waals surface area contributed by atoms with Crippen LogP contribution in [0.4, 0.5) is 0 Å². The van der Waals surface area contributed by atoms with E-state index >= 15 is 0 Å². The summed E-state index contributed by atoms with van der Waals surface area (Å²) in [4.78, 5) is 22.8. The number of hydrogen-bond acceptors (Lipinski definition) is 5. The third-order valence-corrected chi connectivity index (χ3v) is 4.43. The van der Waals surface area contributed by atoms with Gasteiger partial charge in [0.1, 0.15) is 11.4 Å². The average Bonchev–Trinajstić information content (AvgIpc) is 2.74. The molecule has 0 atom stereocenters. The highest BCUT2D eigenvalue weighted by Crippen LogP contribution is 2.26. The predicted octanol–water partition coefficient (Wildman–Crippen LogP) is 4.96. The molecule has 0 saturated heterocycles. The van der Waals surface area contributed by atoms with Crippen molar-refractivity contribution >= 4 is 0 Å². The van der Waals surface area contributed by atoms with Crippen LogP contribution < -0.4 is 0 Å². The number of pyridine rings is 2. The van der Waals surface area contributed by atoms with Crippen molar-refractivity contribution in [3.05, 3.63) is 78.6 Å². The molecule has 5 heteroatoms. The van der Waals surface area contributed by atoms with Gasteiger partial charge in [0, 0.05) is 18.0 Å². The highest BCUT2D eigenvalue weighted by Gasteiger charge is 2.16. The first-order valence-electron chi connectivity index (χ1n) is 9.20. The Hall–Kier alpha value is -3.47. The SMILES string of the molecule is CC(C)(C)c1ccc(-c2nc(-c3ccccn3)nc(-c3ccccn3)n2)cc1. The molecule has 0 spiro atoms. The van der Waals surface area contributed by atoms with Crippen molar-refractivity contribution in [1.82, 2.24) is 24.9 Å². The maximum Gasteiger partial charge on any atom is 0.182 e. The Balaban J connectivity index is 1.85. The average molecular weight is 367 g/mol. The van der Waals surface area contributed by atoms with Crippen LogP contribution in [0.2, 0.25) is 0 Å². The fourth-order valence-electron chi connectivity index (χ4n) is 2.84. The summed E-state index contributed by atoms with van der Waals surface area (Å²) in [7, 11) is 0. The van der Waals surface area contributed by atoms with E-state index in [4.69, 9.17) is 0 Å². The van der Waals surface area contributed by atoms with Crippen molar-refractivity contribution in [3.63, 3.8) is 0 Å². The molecule has 0 fully saturated rings. The van der Waals surface area contributed by atoms with Crippen LogP contribution in [0.3, 0.4) is 0 Å². The zero-order chi connectivity index (χ0) is 19.6. The van der Waals surface area contributed by atoms with Crippen molar-refractivity contribution in [1.29, 1.82) is 0 Å². The minimum absolute atomic E-state index is 0.0931. The number of benzene rings is 1. The second kappa shape index (κ2) is 7.27. The molecule has 3 heterocycles. The molecule has 28 heavy (non-hydrogen) atoms. The molecule has 0 amide bonds. The topological polar surface area (TPSA) is 64.5 Å². The lowest BCUT2D eigenvalue weighted by molar-refractivity contribution is 0.590. The van der Waals surface area contributed by atoms with Gasteiger partial charge in [0.25, 0.3) is 0 Å². The van der Waals surface area contributed by atoms with Crippen molar-refractivity contribution < 1.29 is 0 Å². The van der Waals surface area contributed by atoms with E-state index in [9.17, 15) is 0 Å². The van der Waals surface area contributed by atoms with Crippen LogP contribution in [-0.2, 0) is 5.41 Å². The Morgan fingerprint density at radius 2 is 1.07 bits per heavy atom. The highest BCUT2D eigenvalue weighted by molar-refractivity contribution is 5.63. The lowest BCUT2D eigenvalue weighted by Gasteiger charge is -2.19. The smallest absolute Gasteiger partial charge is 0.182 e. The Kier molecular flexibility index (Phi) is 4.65. The van der Waals surface area contributed by atoms with E-state index in [-0.39, 0.29) is 5.41 Å². The number of rotatable bonds is 3. The van der Waals surface area contributed by atoms with Gasteiger partial charge in [0.15, 0.2) is 17.5 Å². The van der Waals surface area contributed by atoms with E-state index in [0.29, 0.717) is 28.9 Å². The summed E-state index contributed by atoms with van der Waals surface area (Å²) >= 11 is 0. The van der Waals surface area contributed by atoms with E-state index in [2.05, 4.69) is 70.0 Å². The van der Waals surface area contributed by atoms with Gasteiger partial charge in [0.2, 0.25) is 0 Å². The normalized spacial score (nSPS) is 11.4. The Bertz CT molecular complexity index is 1010. The van der Waals surface area contributed by atoms with Crippen molar-refractivity contribution in [2.75, 3.05) is 0 Å². The van der Waals surface area contributed by atoms with Gasteiger partial charge in [-0.05, 0) is 35.2 Å². The van der Waals surface area contributed by atoms with E-state index in [1.807, 2.05) is 36.4 Å². The highest BCUT2D eigenvalue weighted by atomic mass is 15.1. The summed E-state index contributed by atoms with van der Waals surface area (Å²) in [5.74, 6) is 1.68. The Morgan fingerprint density at radius 3 is 1.50 bits per heavy atom. The first-order chi connectivity index (χ1) is 13.5. The molecule has 138 valence electrons. The van der Waals surface area contributed by atoms with Crippen LogP contribution in [0.1, 0.15) is 26.3 Å². The van der Waals surface area contributed by atoms with E-state index < -0.39 is 0 Å². The van der Waals surface area contributed by atoms with Gasteiger partial charge in [-0.1, -0.05) is 57.2 Å². The van der Waals surface area contributed by atoms with E-state index in [1.165, 1.54) is 5.56 Å². The van der Waals surface area contributed by atoms with Gasteiger partial charge in [-0.3, -0.25) is 9.97 Å². The van der Waals surface area contributed by atoms with Gasteiger partial charge >= 0.3 is 0 Å². The number of nitrogens with zero attached hydrogens (tertiary/aromatic N) is 5. The van der Waals surface area contributed by atoms with Crippen molar-refractivity contribution in [3.8, 4) is 34.4 Å². The number of aromatic nitrogens is 5. The fraction of sp³-hybridized carbons (Fsp3) is 0.174. The molecule has 1 aromatic carbocycles. The first-order valence-corrected chi connectivity index (χ1v) is 9.20. The molecule has 0 bridgehead atoms. The molecular weight excluding hydrogens is 346 g/mol. The fourth-order valence-corrected chi connectivity index (χ4v) is 2.84. The van der Waals surface area contributed by atoms with Crippen LogP contribution in [0.5, 0.6) is 0 Å². The van der Waals surface area contributed by atoms with Crippen LogP contribution in [0.15, 0.2) is 73.1 Å². The second-order valence-corrected chi connectivity index (χ2v) is 7.56. The van der Waals surface area contributed by atoms with Crippen LogP contribution in [0, 0.1) is 0 Å². The third-order valence-electron chi connectivity index (χ3n) is 4.43. The van der Waals surface area contributed by atoms with Gasteiger partial charge in [-0.15, -0.1) is 0 Å². The summed E-state index contributed by atoms with van der Waals surface area (Å²) in [6.07, 6.45) is 3.47.